The summed E-state index contributed by atoms with van der Waals surface area (Å²) >= 11 is 0. The fraction of sp³-hybridized carbons (Fsp3) is 0.533. The van der Waals surface area contributed by atoms with Gasteiger partial charge < -0.3 is 15.8 Å². The first-order valence-electron chi connectivity index (χ1n) is 7.37. The quantitative estimate of drug-likeness (QED) is 0.332. The Morgan fingerprint density at radius 1 is 1.29 bits per heavy atom. The maximum Gasteiger partial charge on any atom is 0.272 e. The van der Waals surface area contributed by atoms with Crippen LogP contribution in [-0.2, 0) is 0 Å². The van der Waals surface area contributed by atoms with Gasteiger partial charge in [0.25, 0.3) is 5.91 Å². The van der Waals surface area contributed by atoms with Crippen LogP contribution in [0.1, 0.15) is 55.6 Å². The summed E-state index contributed by atoms with van der Waals surface area (Å²) in [5.74, 6) is -0.0849. The van der Waals surface area contributed by atoms with Crippen LogP contribution in [0.4, 0.5) is 0 Å². The van der Waals surface area contributed by atoms with Gasteiger partial charge in [-0.2, -0.15) is 0 Å². The molecule has 6 heteroatoms. The molecule has 0 aliphatic heterocycles. The summed E-state index contributed by atoms with van der Waals surface area (Å²) in [6.07, 6.45) is 5.51. The Balaban J connectivity index is 2.82. The predicted molar refractivity (Wildman–Crippen MR) is 82.5 cm³/mol. The number of pyridine rings is 1. The van der Waals surface area contributed by atoms with Gasteiger partial charge in [-0.05, 0) is 25.0 Å². The molecule has 1 heterocycles. The number of hydrogen-bond donors (Lipinski definition) is 2. The van der Waals surface area contributed by atoms with Crippen molar-refractivity contribution in [3.63, 3.8) is 0 Å². The van der Waals surface area contributed by atoms with E-state index < -0.39 is 0 Å². The van der Waals surface area contributed by atoms with Crippen LogP contribution in [0.25, 0.3) is 0 Å². The molecular formula is C15H24N4O2. The molecule has 116 valence electrons. The minimum atomic E-state index is -0.0667. The molecule has 1 amide bonds. The van der Waals surface area contributed by atoms with Crippen molar-refractivity contribution >= 4 is 11.7 Å². The average molecular weight is 292 g/mol. The van der Waals surface area contributed by atoms with Gasteiger partial charge in [0, 0.05) is 24.8 Å². The van der Waals surface area contributed by atoms with E-state index in [1.807, 2.05) is 4.90 Å². The Hall–Kier alpha value is -2.11. The molecule has 6 nitrogen and oxygen atoms in total. The average Bonchev–Trinajstić information content (AvgIpc) is 2.54. The van der Waals surface area contributed by atoms with Crippen molar-refractivity contribution in [3.8, 4) is 0 Å². The fourth-order valence-corrected chi connectivity index (χ4v) is 1.90. The Labute approximate surface area is 125 Å². The van der Waals surface area contributed by atoms with Gasteiger partial charge in [-0.25, -0.2) is 0 Å². The molecule has 1 aromatic rings. The summed E-state index contributed by atoms with van der Waals surface area (Å²) < 4.78 is 0. The van der Waals surface area contributed by atoms with E-state index in [9.17, 15) is 4.79 Å². The largest absolute Gasteiger partial charge is 0.409 e. The number of oxime groups is 1. The van der Waals surface area contributed by atoms with E-state index in [1.165, 1.54) is 6.20 Å². The zero-order chi connectivity index (χ0) is 15.7. The third-order valence-electron chi connectivity index (χ3n) is 3.24. The Kier molecular flexibility index (Phi) is 7.21. The molecule has 0 unspecified atom stereocenters. The van der Waals surface area contributed by atoms with E-state index in [0.29, 0.717) is 11.3 Å². The molecule has 0 fully saturated rings. The van der Waals surface area contributed by atoms with Crippen LogP contribution < -0.4 is 5.73 Å². The monoisotopic (exact) mass is 292 g/mol. The summed E-state index contributed by atoms with van der Waals surface area (Å²) in [6, 6.07) is 3.24. The Bertz CT molecular complexity index is 463. The molecule has 0 radical (unpaired) electrons. The second-order valence-electron chi connectivity index (χ2n) is 4.92. The summed E-state index contributed by atoms with van der Waals surface area (Å²) in [6.45, 7) is 5.71. The lowest BCUT2D eigenvalue weighted by molar-refractivity contribution is 0.0745. The number of carbonyl (C=O) groups excluding carboxylic acids is 1. The lowest BCUT2D eigenvalue weighted by atomic mass is 10.2. The highest BCUT2D eigenvalue weighted by atomic mass is 16.4. The molecule has 0 aliphatic rings. The lowest BCUT2D eigenvalue weighted by Crippen LogP contribution is -2.33. The van der Waals surface area contributed by atoms with Gasteiger partial charge in [0.05, 0.1) is 0 Å². The molecule has 21 heavy (non-hydrogen) atoms. The number of nitrogens with zero attached hydrogens (tertiary/aromatic N) is 3. The molecule has 0 spiro atoms. The van der Waals surface area contributed by atoms with Gasteiger partial charge in [0.2, 0.25) is 0 Å². The maximum atomic E-state index is 12.5. The summed E-state index contributed by atoms with van der Waals surface area (Å²) in [5, 5.41) is 11.5. The van der Waals surface area contributed by atoms with Gasteiger partial charge in [0.1, 0.15) is 5.69 Å². The Morgan fingerprint density at radius 2 is 1.90 bits per heavy atom. The number of amidine groups is 1. The minimum Gasteiger partial charge on any atom is -0.409 e. The second kappa shape index (κ2) is 8.94. The smallest absolute Gasteiger partial charge is 0.272 e. The standard InChI is InChI=1S/C15H24N4O2/c1-3-5-9-19(10-6-4-2)15(20)13-8-7-12(11-17-13)14(16)18-21/h7-8,11,21H,3-6,9-10H2,1-2H3,(H2,16,18). The molecular weight excluding hydrogens is 268 g/mol. The zero-order valence-corrected chi connectivity index (χ0v) is 12.7. The molecule has 1 aromatic heterocycles. The predicted octanol–water partition coefficient (Wildman–Crippen LogP) is 2.22. The lowest BCUT2D eigenvalue weighted by Gasteiger charge is -2.22. The van der Waals surface area contributed by atoms with Crippen molar-refractivity contribution in [2.75, 3.05) is 13.1 Å². The van der Waals surface area contributed by atoms with E-state index in [2.05, 4.69) is 24.0 Å². The zero-order valence-electron chi connectivity index (χ0n) is 12.7. The highest BCUT2D eigenvalue weighted by molar-refractivity contribution is 5.98. The van der Waals surface area contributed by atoms with Crippen molar-refractivity contribution in [2.45, 2.75) is 39.5 Å². The number of hydrogen-bond acceptors (Lipinski definition) is 4. The van der Waals surface area contributed by atoms with E-state index in [0.717, 1.165) is 38.8 Å². The van der Waals surface area contributed by atoms with Crippen LogP contribution in [0.15, 0.2) is 23.5 Å². The molecule has 0 saturated carbocycles. The molecule has 0 atom stereocenters. The molecule has 1 rings (SSSR count). The highest BCUT2D eigenvalue weighted by Gasteiger charge is 2.16. The van der Waals surface area contributed by atoms with Crippen LogP contribution in [0.2, 0.25) is 0 Å². The van der Waals surface area contributed by atoms with Gasteiger partial charge in [-0.15, -0.1) is 0 Å². The fourth-order valence-electron chi connectivity index (χ4n) is 1.90. The summed E-state index contributed by atoms with van der Waals surface area (Å²) in [7, 11) is 0. The number of unbranched alkanes of at least 4 members (excludes halogenated alkanes) is 2. The number of rotatable bonds is 8. The minimum absolute atomic E-state index is 0.0182. The van der Waals surface area contributed by atoms with Gasteiger partial charge in [0.15, 0.2) is 5.84 Å². The van der Waals surface area contributed by atoms with Crippen molar-refractivity contribution in [3.05, 3.63) is 29.6 Å². The van der Waals surface area contributed by atoms with E-state index in [1.54, 1.807) is 12.1 Å². The maximum absolute atomic E-state index is 12.5. The molecule has 3 N–H and O–H groups in total. The molecule has 0 aliphatic carbocycles. The number of amides is 1. The van der Waals surface area contributed by atoms with Crippen LogP contribution in [0, 0.1) is 0 Å². The number of carbonyl (C=O) groups is 1. The summed E-state index contributed by atoms with van der Waals surface area (Å²) in [4.78, 5) is 18.4. The second-order valence-corrected chi connectivity index (χ2v) is 4.92. The molecule has 0 saturated heterocycles. The third kappa shape index (κ3) is 5.06. The van der Waals surface area contributed by atoms with Crippen LogP contribution >= 0.6 is 0 Å². The summed E-state index contributed by atoms with van der Waals surface area (Å²) in [5.41, 5.74) is 6.35. The van der Waals surface area contributed by atoms with Gasteiger partial charge in [-0.3, -0.25) is 9.78 Å². The van der Waals surface area contributed by atoms with Crippen LogP contribution in [0.3, 0.4) is 0 Å². The third-order valence-corrected chi connectivity index (χ3v) is 3.24. The highest BCUT2D eigenvalue weighted by Crippen LogP contribution is 2.07. The first kappa shape index (κ1) is 16.9. The SMILES string of the molecule is CCCCN(CCCC)C(=O)c1ccc(C(N)=NO)cn1. The van der Waals surface area contributed by atoms with Gasteiger partial charge in [-0.1, -0.05) is 31.8 Å². The van der Waals surface area contributed by atoms with Crippen molar-refractivity contribution in [1.82, 2.24) is 9.88 Å². The van der Waals surface area contributed by atoms with Crippen molar-refractivity contribution in [1.29, 1.82) is 0 Å². The van der Waals surface area contributed by atoms with Crippen LogP contribution in [-0.4, -0.2) is 39.9 Å². The first-order valence-corrected chi connectivity index (χ1v) is 7.37. The van der Waals surface area contributed by atoms with Crippen molar-refractivity contribution in [2.24, 2.45) is 10.9 Å². The molecule has 0 bridgehead atoms. The van der Waals surface area contributed by atoms with Gasteiger partial charge >= 0.3 is 0 Å². The topological polar surface area (TPSA) is 91.8 Å². The van der Waals surface area contributed by atoms with E-state index >= 15 is 0 Å². The van der Waals surface area contributed by atoms with E-state index in [4.69, 9.17) is 10.9 Å². The number of nitrogens with two attached hydrogens (primary N) is 1. The number of aromatic nitrogens is 1. The normalized spacial score (nSPS) is 11.4. The van der Waals surface area contributed by atoms with E-state index in [-0.39, 0.29) is 11.7 Å². The van der Waals surface area contributed by atoms with Crippen LogP contribution in [0.5, 0.6) is 0 Å². The first-order chi connectivity index (χ1) is 10.1. The van der Waals surface area contributed by atoms with Crippen molar-refractivity contribution < 1.29 is 10.0 Å². The Morgan fingerprint density at radius 3 is 2.33 bits per heavy atom. The molecule has 0 aromatic carbocycles.